The van der Waals surface area contributed by atoms with Crippen LogP contribution in [0.5, 0.6) is 0 Å². The summed E-state index contributed by atoms with van der Waals surface area (Å²) in [4.78, 5) is 23.8. The first kappa shape index (κ1) is 15.2. The molecule has 106 valence electrons. The maximum Gasteiger partial charge on any atom is 0.287 e. The van der Waals surface area contributed by atoms with Crippen LogP contribution in [0.3, 0.4) is 0 Å². The number of aliphatic hydroxyl groups is 1. The van der Waals surface area contributed by atoms with Gasteiger partial charge in [0.15, 0.2) is 0 Å². The van der Waals surface area contributed by atoms with Crippen molar-refractivity contribution < 1.29 is 14.8 Å². The zero-order valence-corrected chi connectivity index (χ0v) is 11.2. The molecular formula is C12H19N3O4. The highest BCUT2D eigenvalue weighted by atomic mass is 16.6. The van der Waals surface area contributed by atoms with Gasteiger partial charge in [-0.2, -0.15) is 0 Å². The monoisotopic (exact) mass is 269 g/mol. The number of aliphatic hydroxyl groups excluding tert-OH is 1. The Morgan fingerprint density at radius 1 is 1.47 bits per heavy atom. The molecule has 1 aromatic rings. The molecule has 1 rings (SSSR count). The van der Waals surface area contributed by atoms with Crippen molar-refractivity contribution in [3.63, 3.8) is 0 Å². The van der Waals surface area contributed by atoms with Crippen molar-refractivity contribution in [1.29, 1.82) is 0 Å². The Balaban J connectivity index is 2.63. The number of carbonyl (C=O) groups excluding carboxylic acids is 1. The standard InChI is InChI=1S/C12H19N3O4/c1-13(6-4-3-5-7-16)12(17)11-8-10(15(18)19)9-14(11)2/h8-9,16H,3-7H2,1-2H3. The van der Waals surface area contributed by atoms with Crippen LogP contribution in [0.25, 0.3) is 0 Å². The minimum atomic E-state index is -0.516. The van der Waals surface area contributed by atoms with Gasteiger partial charge in [0.25, 0.3) is 11.6 Å². The smallest absolute Gasteiger partial charge is 0.287 e. The van der Waals surface area contributed by atoms with Gasteiger partial charge in [-0.05, 0) is 19.3 Å². The molecule has 0 saturated carbocycles. The number of nitro groups is 1. The van der Waals surface area contributed by atoms with Gasteiger partial charge in [0.05, 0.1) is 11.1 Å². The average molecular weight is 269 g/mol. The van der Waals surface area contributed by atoms with Crippen molar-refractivity contribution >= 4 is 11.6 Å². The van der Waals surface area contributed by atoms with Crippen molar-refractivity contribution in [3.05, 3.63) is 28.1 Å². The molecule has 7 heteroatoms. The zero-order valence-electron chi connectivity index (χ0n) is 11.2. The van der Waals surface area contributed by atoms with Crippen LogP contribution in [0.4, 0.5) is 5.69 Å². The first-order chi connectivity index (χ1) is 8.97. The van der Waals surface area contributed by atoms with E-state index >= 15 is 0 Å². The molecule has 7 nitrogen and oxygen atoms in total. The fourth-order valence-corrected chi connectivity index (χ4v) is 1.79. The van der Waals surface area contributed by atoms with Gasteiger partial charge in [0.1, 0.15) is 5.69 Å². The third-order valence-electron chi connectivity index (χ3n) is 2.92. The molecule has 0 spiro atoms. The van der Waals surface area contributed by atoms with E-state index in [-0.39, 0.29) is 18.2 Å². The molecular weight excluding hydrogens is 250 g/mol. The second kappa shape index (κ2) is 6.89. The SMILES string of the molecule is CN(CCCCCO)C(=O)c1cc([N+](=O)[O-])cn1C. The number of aryl methyl sites for hydroxylation is 1. The Bertz CT molecular complexity index is 456. The number of nitrogens with zero attached hydrogens (tertiary/aromatic N) is 3. The van der Waals surface area contributed by atoms with Crippen LogP contribution in [0.2, 0.25) is 0 Å². The van der Waals surface area contributed by atoms with Crippen LogP contribution in [0.15, 0.2) is 12.3 Å². The predicted octanol–water partition coefficient (Wildman–Crippen LogP) is 1.17. The molecule has 0 fully saturated rings. The Labute approximate surface area is 111 Å². The fraction of sp³-hybridized carbons (Fsp3) is 0.583. The third kappa shape index (κ3) is 4.06. The fourth-order valence-electron chi connectivity index (χ4n) is 1.79. The highest BCUT2D eigenvalue weighted by Gasteiger charge is 2.20. The minimum absolute atomic E-state index is 0.0838. The quantitative estimate of drug-likeness (QED) is 0.457. The molecule has 0 bridgehead atoms. The van der Waals surface area contributed by atoms with E-state index in [0.29, 0.717) is 12.2 Å². The van der Waals surface area contributed by atoms with Gasteiger partial charge in [-0.25, -0.2) is 0 Å². The number of rotatable bonds is 7. The molecule has 1 N–H and O–H groups in total. The predicted molar refractivity (Wildman–Crippen MR) is 70.0 cm³/mol. The lowest BCUT2D eigenvalue weighted by atomic mass is 10.2. The average Bonchev–Trinajstić information content (AvgIpc) is 2.76. The van der Waals surface area contributed by atoms with E-state index in [2.05, 4.69) is 0 Å². The molecule has 0 saturated heterocycles. The number of hydrogen-bond acceptors (Lipinski definition) is 4. The number of unbranched alkanes of at least 4 members (excludes halogenated alkanes) is 2. The van der Waals surface area contributed by atoms with Gasteiger partial charge in [-0.1, -0.05) is 0 Å². The zero-order chi connectivity index (χ0) is 14.4. The van der Waals surface area contributed by atoms with Crippen LogP contribution < -0.4 is 0 Å². The normalized spacial score (nSPS) is 10.5. The summed E-state index contributed by atoms with van der Waals surface area (Å²) >= 11 is 0. The van der Waals surface area contributed by atoms with Crippen molar-refractivity contribution in [2.24, 2.45) is 7.05 Å². The van der Waals surface area contributed by atoms with Crippen molar-refractivity contribution in [3.8, 4) is 0 Å². The van der Waals surface area contributed by atoms with Crippen LogP contribution in [0.1, 0.15) is 29.8 Å². The summed E-state index contributed by atoms with van der Waals surface area (Å²) in [6.45, 7) is 0.722. The molecule has 0 aliphatic heterocycles. The van der Waals surface area contributed by atoms with Crippen molar-refractivity contribution in [2.75, 3.05) is 20.2 Å². The van der Waals surface area contributed by atoms with Crippen LogP contribution >= 0.6 is 0 Å². The number of hydrogen-bond donors (Lipinski definition) is 1. The number of amides is 1. The Morgan fingerprint density at radius 3 is 2.68 bits per heavy atom. The maximum atomic E-state index is 12.1. The lowest BCUT2D eigenvalue weighted by Gasteiger charge is -2.17. The summed E-state index contributed by atoms with van der Waals surface area (Å²) in [6.07, 6.45) is 3.70. The summed E-state index contributed by atoms with van der Waals surface area (Å²) in [5, 5.41) is 19.3. The molecule has 1 aromatic heterocycles. The largest absolute Gasteiger partial charge is 0.396 e. The van der Waals surface area contributed by atoms with Gasteiger partial charge < -0.3 is 14.6 Å². The highest BCUT2D eigenvalue weighted by molar-refractivity contribution is 5.93. The van der Waals surface area contributed by atoms with Crippen molar-refractivity contribution in [1.82, 2.24) is 9.47 Å². The number of carbonyl (C=O) groups is 1. The lowest BCUT2D eigenvalue weighted by Crippen LogP contribution is -2.29. The van der Waals surface area contributed by atoms with Gasteiger partial charge in [0.2, 0.25) is 0 Å². The van der Waals surface area contributed by atoms with Gasteiger partial charge >= 0.3 is 0 Å². The third-order valence-corrected chi connectivity index (χ3v) is 2.92. The molecule has 0 unspecified atom stereocenters. The summed E-state index contributed by atoms with van der Waals surface area (Å²) in [6, 6.07) is 1.28. The van der Waals surface area contributed by atoms with E-state index in [1.165, 1.54) is 21.7 Å². The second-order valence-electron chi connectivity index (χ2n) is 4.46. The molecule has 0 radical (unpaired) electrons. The summed E-state index contributed by atoms with van der Waals surface area (Å²) in [7, 11) is 3.28. The topological polar surface area (TPSA) is 88.6 Å². The molecule has 0 aliphatic rings. The molecule has 0 aromatic carbocycles. The van der Waals surface area contributed by atoms with E-state index in [0.717, 1.165) is 19.3 Å². The number of aromatic nitrogens is 1. The van der Waals surface area contributed by atoms with Gasteiger partial charge in [-0.3, -0.25) is 14.9 Å². The van der Waals surface area contributed by atoms with Gasteiger partial charge in [-0.15, -0.1) is 0 Å². The summed E-state index contributed by atoms with van der Waals surface area (Å²) in [5.74, 6) is -0.236. The molecule has 0 atom stereocenters. The van der Waals surface area contributed by atoms with Crippen LogP contribution in [-0.4, -0.2) is 45.6 Å². The van der Waals surface area contributed by atoms with E-state index in [9.17, 15) is 14.9 Å². The molecule has 19 heavy (non-hydrogen) atoms. The van der Waals surface area contributed by atoms with E-state index in [1.54, 1.807) is 14.1 Å². The first-order valence-electron chi connectivity index (χ1n) is 6.14. The summed E-state index contributed by atoms with van der Waals surface area (Å²) < 4.78 is 1.46. The Hall–Kier alpha value is -1.89. The lowest BCUT2D eigenvalue weighted by molar-refractivity contribution is -0.384. The Kier molecular flexibility index (Phi) is 5.50. The highest BCUT2D eigenvalue weighted by Crippen LogP contribution is 2.16. The molecule has 1 amide bonds. The van der Waals surface area contributed by atoms with Gasteiger partial charge in [0, 0.05) is 33.3 Å². The molecule has 0 aliphatic carbocycles. The van der Waals surface area contributed by atoms with Crippen LogP contribution in [-0.2, 0) is 7.05 Å². The van der Waals surface area contributed by atoms with Crippen LogP contribution in [0, 0.1) is 10.1 Å². The van der Waals surface area contributed by atoms with E-state index in [4.69, 9.17) is 5.11 Å². The van der Waals surface area contributed by atoms with E-state index in [1.807, 2.05) is 0 Å². The second-order valence-corrected chi connectivity index (χ2v) is 4.46. The first-order valence-corrected chi connectivity index (χ1v) is 6.14. The maximum absolute atomic E-state index is 12.1. The van der Waals surface area contributed by atoms with E-state index < -0.39 is 4.92 Å². The molecule has 1 heterocycles. The summed E-state index contributed by atoms with van der Waals surface area (Å²) in [5.41, 5.74) is 0.218. The Morgan fingerprint density at radius 2 is 2.16 bits per heavy atom. The van der Waals surface area contributed by atoms with Crippen molar-refractivity contribution in [2.45, 2.75) is 19.3 Å². The minimum Gasteiger partial charge on any atom is -0.396 e.